The van der Waals surface area contributed by atoms with Crippen LogP contribution in [0.4, 0.5) is 0 Å². The molecule has 0 saturated carbocycles. The molecule has 0 aliphatic carbocycles. The van der Waals surface area contributed by atoms with E-state index in [1.54, 1.807) is 0 Å². The van der Waals surface area contributed by atoms with Crippen LogP contribution in [0.2, 0.25) is 0 Å². The highest BCUT2D eigenvalue weighted by molar-refractivity contribution is 5.79. The third kappa shape index (κ3) is 3.78. The molecule has 0 bridgehead atoms. The lowest BCUT2D eigenvalue weighted by Crippen LogP contribution is -2.37. The Labute approximate surface area is 154 Å². The van der Waals surface area contributed by atoms with Crippen LogP contribution in [0.3, 0.4) is 0 Å². The van der Waals surface area contributed by atoms with Crippen LogP contribution < -0.4 is 5.32 Å². The third-order valence-corrected chi connectivity index (χ3v) is 5.45. The van der Waals surface area contributed by atoms with Crippen LogP contribution in [0.5, 0.6) is 0 Å². The molecule has 1 aromatic heterocycles. The second-order valence-electron chi connectivity index (χ2n) is 7.46. The van der Waals surface area contributed by atoms with E-state index in [1.807, 2.05) is 23.2 Å². The average Bonchev–Trinajstić information content (AvgIpc) is 2.68. The zero-order valence-electron chi connectivity index (χ0n) is 15.4. The zero-order chi connectivity index (χ0) is 17.9. The van der Waals surface area contributed by atoms with Crippen LogP contribution in [0, 0.1) is 6.92 Å². The highest BCUT2D eigenvalue weighted by atomic mass is 16.2. The maximum Gasteiger partial charge on any atom is 0.227 e. The van der Waals surface area contributed by atoms with Crippen LogP contribution in [0.25, 0.3) is 0 Å². The number of hydrogen-bond acceptors (Lipinski definition) is 4. The highest BCUT2D eigenvalue weighted by Crippen LogP contribution is 2.25. The molecule has 1 saturated heterocycles. The lowest BCUT2D eigenvalue weighted by molar-refractivity contribution is -0.131. The first-order valence-electron chi connectivity index (χ1n) is 9.58. The van der Waals surface area contributed by atoms with E-state index in [0.29, 0.717) is 18.9 Å². The Kier molecular flexibility index (Phi) is 4.98. The quantitative estimate of drug-likeness (QED) is 0.923. The molecule has 0 atom stereocenters. The Morgan fingerprint density at radius 3 is 2.96 bits per heavy atom. The van der Waals surface area contributed by atoms with Crippen molar-refractivity contribution in [1.29, 1.82) is 0 Å². The van der Waals surface area contributed by atoms with Crippen LogP contribution in [-0.2, 0) is 24.2 Å². The summed E-state index contributed by atoms with van der Waals surface area (Å²) in [6.45, 7) is 5.54. The summed E-state index contributed by atoms with van der Waals surface area (Å²) in [5.74, 6) is 1.65. The van der Waals surface area contributed by atoms with E-state index in [-0.39, 0.29) is 5.91 Å². The van der Waals surface area contributed by atoms with Crippen molar-refractivity contribution in [2.24, 2.45) is 0 Å². The summed E-state index contributed by atoms with van der Waals surface area (Å²) >= 11 is 0. The molecule has 0 radical (unpaired) electrons. The normalized spacial score (nSPS) is 17.8. The number of rotatable bonds is 3. The maximum atomic E-state index is 12.7. The van der Waals surface area contributed by atoms with Crippen LogP contribution in [-0.4, -0.2) is 40.4 Å². The first kappa shape index (κ1) is 17.2. The van der Waals surface area contributed by atoms with Crippen molar-refractivity contribution >= 4 is 5.91 Å². The lowest BCUT2D eigenvalue weighted by Gasteiger charge is -2.29. The molecule has 1 N–H and O–H groups in total. The Balaban J connectivity index is 1.43. The van der Waals surface area contributed by atoms with Gasteiger partial charge in [0.15, 0.2) is 0 Å². The topological polar surface area (TPSA) is 58.1 Å². The lowest BCUT2D eigenvalue weighted by atomic mass is 9.96. The number of nitrogens with zero attached hydrogens (tertiary/aromatic N) is 3. The average molecular weight is 350 g/mol. The predicted molar refractivity (Wildman–Crippen MR) is 101 cm³/mol. The molecule has 2 aromatic rings. The minimum Gasteiger partial charge on any atom is -0.338 e. The molecular weight excluding hydrogens is 324 g/mol. The molecule has 4 rings (SSSR count). The number of carbonyl (C=O) groups is 1. The van der Waals surface area contributed by atoms with Crippen molar-refractivity contribution in [3.05, 3.63) is 58.7 Å². The molecule has 5 nitrogen and oxygen atoms in total. The van der Waals surface area contributed by atoms with Crippen LogP contribution in [0.1, 0.15) is 47.0 Å². The predicted octanol–water partition coefficient (Wildman–Crippen LogP) is 2.38. The van der Waals surface area contributed by atoms with Gasteiger partial charge in [-0.1, -0.05) is 29.8 Å². The van der Waals surface area contributed by atoms with E-state index in [9.17, 15) is 4.79 Å². The summed E-state index contributed by atoms with van der Waals surface area (Å²) < 4.78 is 0. The summed E-state index contributed by atoms with van der Waals surface area (Å²) in [6.07, 6.45) is 5.46. The van der Waals surface area contributed by atoms with Crippen LogP contribution >= 0.6 is 0 Å². The molecule has 1 fully saturated rings. The largest absolute Gasteiger partial charge is 0.338 e. The number of aromatic nitrogens is 2. The van der Waals surface area contributed by atoms with Gasteiger partial charge in [-0.25, -0.2) is 9.97 Å². The second kappa shape index (κ2) is 7.54. The molecule has 2 aliphatic heterocycles. The van der Waals surface area contributed by atoms with Gasteiger partial charge >= 0.3 is 0 Å². The molecule has 5 heteroatoms. The number of carbonyl (C=O) groups excluding carboxylic acids is 1. The summed E-state index contributed by atoms with van der Waals surface area (Å²) in [5.41, 5.74) is 4.51. The number of hydrogen-bond donors (Lipinski definition) is 1. The van der Waals surface area contributed by atoms with Crippen molar-refractivity contribution in [3.8, 4) is 0 Å². The number of amides is 1. The summed E-state index contributed by atoms with van der Waals surface area (Å²) in [7, 11) is 0. The van der Waals surface area contributed by atoms with Gasteiger partial charge in [-0.2, -0.15) is 0 Å². The van der Waals surface area contributed by atoms with Gasteiger partial charge in [0.05, 0.1) is 12.1 Å². The molecule has 3 heterocycles. The molecule has 1 aromatic carbocycles. The van der Waals surface area contributed by atoms with E-state index >= 15 is 0 Å². The number of nitrogens with one attached hydrogen (secondary N) is 1. The van der Waals surface area contributed by atoms with Crippen molar-refractivity contribution in [2.45, 2.75) is 45.1 Å². The fourth-order valence-electron chi connectivity index (χ4n) is 3.93. The molecule has 26 heavy (non-hydrogen) atoms. The van der Waals surface area contributed by atoms with Crippen LogP contribution in [0.15, 0.2) is 30.5 Å². The van der Waals surface area contributed by atoms with E-state index in [2.05, 4.69) is 29.4 Å². The molecule has 1 amide bonds. The Hall–Kier alpha value is -2.27. The maximum absolute atomic E-state index is 12.7. The molecule has 0 spiro atoms. The number of piperidine rings is 1. The minimum atomic E-state index is 0.184. The van der Waals surface area contributed by atoms with Gasteiger partial charge in [0.2, 0.25) is 5.91 Å². The van der Waals surface area contributed by atoms with Crippen molar-refractivity contribution in [3.63, 3.8) is 0 Å². The standard InChI is InChI=1S/C21H26N4O/c1-15-3-2-4-16(11-15)12-20(26)25-10-7-19-18(14-25)13-23-21(24-19)17-5-8-22-9-6-17/h2-4,11,13,17,22H,5-10,12,14H2,1H3. The fourth-order valence-corrected chi connectivity index (χ4v) is 3.93. The Bertz CT molecular complexity index is 798. The van der Waals surface area contributed by atoms with Gasteiger partial charge < -0.3 is 10.2 Å². The smallest absolute Gasteiger partial charge is 0.227 e. The minimum absolute atomic E-state index is 0.184. The van der Waals surface area contributed by atoms with E-state index in [1.165, 1.54) is 5.56 Å². The first-order chi connectivity index (χ1) is 12.7. The van der Waals surface area contributed by atoms with Crippen molar-refractivity contribution in [1.82, 2.24) is 20.2 Å². The van der Waals surface area contributed by atoms with E-state index in [0.717, 1.165) is 61.5 Å². The fraction of sp³-hybridized carbons (Fsp3) is 0.476. The van der Waals surface area contributed by atoms with Gasteiger partial charge in [0.1, 0.15) is 5.82 Å². The summed E-state index contributed by atoms with van der Waals surface area (Å²) in [4.78, 5) is 24.1. The second-order valence-corrected chi connectivity index (χ2v) is 7.46. The first-order valence-corrected chi connectivity index (χ1v) is 9.58. The van der Waals surface area contributed by atoms with E-state index in [4.69, 9.17) is 4.98 Å². The van der Waals surface area contributed by atoms with Crippen molar-refractivity contribution < 1.29 is 4.79 Å². The Morgan fingerprint density at radius 1 is 1.31 bits per heavy atom. The Morgan fingerprint density at radius 2 is 2.15 bits per heavy atom. The van der Waals surface area contributed by atoms with Gasteiger partial charge in [-0.05, 0) is 38.4 Å². The van der Waals surface area contributed by atoms with Gasteiger partial charge in [-0.3, -0.25) is 4.79 Å². The SMILES string of the molecule is Cc1cccc(CC(=O)N2CCc3nc(C4CCNCC4)ncc3C2)c1. The van der Waals surface area contributed by atoms with E-state index < -0.39 is 0 Å². The molecule has 136 valence electrons. The zero-order valence-corrected chi connectivity index (χ0v) is 15.4. The van der Waals surface area contributed by atoms with Crippen molar-refractivity contribution in [2.75, 3.05) is 19.6 Å². The van der Waals surface area contributed by atoms with Gasteiger partial charge in [0, 0.05) is 37.2 Å². The molecule has 0 unspecified atom stereocenters. The molecular formula is C21H26N4O. The van der Waals surface area contributed by atoms with Gasteiger partial charge in [-0.15, -0.1) is 0 Å². The molecule has 2 aliphatic rings. The number of fused-ring (bicyclic) bond motifs is 1. The summed E-state index contributed by atoms with van der Waals surface area (Å²) in [5, 5.41) is 3.39. The summed E-state index contributed by atoms with van der Waals surface area (Å²) in [6, 6.07) is 8.18. The van der Waals surface area contributed by atoms with Gasteiger partial charge in [0.25, 0.3) is 0 Å². The number of benzene rings is 1. The highest BCUT2D eigenvalue weighted by Gasteiger charge is 2.24. The number of aryl methyl sites for hydroxylation is 1. The third-order valence-electron chi connectivity index (χ3n) is 5.45. The monoisotopic (exact) mass is 350 g/mol.